The van der Waals surface area contributed by atoms with Crippen molar-refractivity contribution in [2.24, 2.45) is 0 Å². The highest BCUT2D eigenvalue weighted by atomic mass is 35.5. The van der Waals surface area contributed by atoms with Gasteiger partial charge in [0.25, 0.3) is 0 Å². The van der Waals surface area contributed by atoms with E-state index in [0.29, 0.717) is 5.15 Å². The van der Waals surface area contributed by atoms with Crippen LogP contribution in [0.25, 0.3) is 5.82 Å². The molecule has 2 rings (SSSR count). The summed E-state index contributed by atoms with van der Waals surface area (Å²) >= 11 is 6.19. The van der Waals surface area contributed by atoms with Crippen LogP contribution in [0.2, 0.25) is 5.15 Å². The molecule has 0 fully saturated rings. The fourth-order valence-corrected chi connectivity index (χ4v) is 1.87. The Balaban J connectivity index is 2.67. The van der Waals surface area contributed by atoms with Gasteiger partial charge in [-0.15, -0.1) is 0 Å². The zero-order valence-electron chi connectivity index (χ0n) is 11.3. The Morgan fingerprint density at radius 1 is 1.17 bits per heavy atom. The first-order valence-corrected chi connectivity index (χ1v) is 6.34. The Labute approximate surface area is 112 Å². The molecule has 0 spiro atoms. The van der Waals surface area contributed by atoms with Crippen LogP contribution >= 0.6 is 11.6 Å². The van der Waals surface area contributed by atoms with Crippen LogP contribution in [0.4, 0.5) is 0 Å². The van der Waals surface area contributed by atoms with E-state index >= 15 is 0 Å². The summed E-state index contributed by atoms with van der Waals surface area (Å²) in [6.07, 6.45) is 1.78. The Morgan fingerprint density at radius 2 is 1.83 bits per heavy atom. The van der Waals surface area contributed by atoms with E-state index in [1.807, 2.05) is 25.3 Å². The van der Waals surface area contributed by atoms with Gasteiger partial charge in [0, 0.05) is 17.2 Å². The van der Waals surface area contributed by atoms with Crippen LogP contribution in [0, 0.1) is 20.8 Å². The fourth-order valence-electron chi connectivity index (χ4n) is 1.70. The highest BCUT2D eigenvalue weighted by Crippen LogP contribution is 2.23. The minimum atomic E-state index is 0.242. The molecule has 4 nitrogen and oxygen atoms in total. The third kappa shape index (κ3) is 2.12. The lowest BCUT2D eigenvalue weighted by Crippen LogP contribution is -2.08. The summed E-state index contributed by atoms with van der Waals surface area (Å²) in [4.78, 5) is 13.2. The summed E-state index contributed by atoms with van der Waals surface area (Å²) in [5.74, 6) is 1.81. The van der Waals surface area contributed by atoms with E-state index in [4.69, 9.17) is 11.6 Å². The van der Waals surface area contributed by atoms with Crippen molar-refractivity contribution in [1.82, 2.24) is 19.5 Å². The monoisotopic (exact) mass is 264 g/mol. The molecule has 2 aromatic rings. The zero-order chi connectivity index (χ0) is 13.4. The Bertz CT molecular complexity index is 587. The molecule has 0 aromatic carbocycles. The minimum Gasteiger partial charge on any atom is -0.287 e. The van der Waals surface area contributed by atoms with Gasteiger partial charge in [0.2, 0.25) is 0 Å². The molecule has 2 aromatic heterocycles. The van der Waals surface area contributed by atoms with Crippen molar-refractivity contribution in [3.8, 4) is 5.82 Å². The molecular weight excluding hydrogens is 248 g/mol. The lowest BCUT2D eigenvalue weighted by molar-refractivity contribution is 0.755. The van der Waals surface area contributed by atoms with E-state index in [9.17, 15) is 0 Å². The Kier molecular flexibility index (Phi) is 3.39. The number of aromatic nitrogens is 4. The van der Waals surface area contributed by atoms with Gasteiger partial charge in [-0.1, -0.05) is 25.4 Å². The summed E-state index contributed by atoms with van der Waals surface area (Å²) in [7, 11) is 0. The molecule has 2 heterocycles. The molecule has 0 aliphatic heterocycles. The van der Waals surface area contributed by atoms with E-state index in [1.54, 1.807) is 6.33 Å². The lowest BCUT2D eigenvalue weighted by Gasteiger charge is -2.12. The lowest BCUT2D eigenvalue weighted by atomic mass is 10.2. The molecule has 0 aliphatic rings. The number of rotatable bonds is 2. The van der Waals surface area contributed by atoms with Gasteiger partial charge >= 0.3 is 0 Å². The normalized spacial score (nSPS) is 11.3. The standard InChI is InChI=1S/C13H17ClN4/c1-7(2)12-16-11(14)8(3)13(17-12)18-6-15-9(4)10(18)5/h6-7H,1-5H3. The van der Waals surface area contributed by atoms with Gasteiger partial charge in [-0.05, 0) is 20.8 Å². The molecule has 0 atom stereocenters. The van der Waals surface area contributed by atoms with Crippen molar-refractivity contribution in [3.05, 3.63) is 34.3 Å². The summed E-state index contributed by atoms with van der Waals surface area (Å²) < 4.78 is 1.96. The van der Waals surface area contributed by atoms with Crippen molar-refractivity contribution < 1.29 is 0 Å². The molecule has 96 valence electrons. The first-order valence-electron chi connectivity index (χ1n) is 5.96. The van der Waals surface area contributed by atoms with Crippen LogP contribution < -0.4 is 0 Å². The van der Waals surface area contributed by atoms with Crippen molar-refractivity contribution in [2.75, 3.05) is 0 Å². The Morgan fingerprint density at radius 3 is 2.33 bits per heavy atom. The van der Waals surface area contributed by atoms with Crippen molar-refractivity contribution in [2.45, 2.75) is 40.5 Å². The summed E-state index contributed by atoms with van der Waals surface area (Å²) in [6.45, 7) is 10.0. The highest BCUT2D eigenvalue weighted by Gasteiger charge is 2.15. The topological polar surface area (TPSA) is 43.6 Å². The predicted octanol–water partition coefficient (Wildman–Crippen LogP) is 3.36. The smallest absolute Gasteiger partial charge is 0.146 e. The van der Waals surface area contributed by atoms with Crippen LogP contribution in [-0.4, -0.2) is 19.5 Å². The van der Waals surface area contributed by atoms with Crippen LogP contribution in [0.3, 0.4) is 0 Å². The second-order valence-electron chi connectivity index (χ2n) is 4.76. The molecule has 5 heteroatoms. The fraction of sp³-hybridized carbons (Fsp3) is 0.462. The maximum Gasteiger partial charge on any atom is 0.146 e. The zero-order valence-corrected chi connectivity index (χ0v) is 12.1. The Hall–Kier alpha value is -1.42. The third-order valence-electron chi connectivity index (χ3n) is 3.07. The average molecular weight is 265 g/mol. The largest absolute Gasteiger partial charge is 0.287 e. The maximum atomic E-state index is 6.19. The molecule has 0 radical (unpaired) electrons. The molecule has 0 saturated carbocycles. The molecule has 0 saturated heterocycles. The van der Waals surface area contributed by atoms with Crippen LogP contribution in [-0.2, 0) is 0 Å². The molecule has 18 heavy (non-hydrogen) atoms. The number of aryl methyl sites for hydroxylation is 1. The van der Waals surface area contributed by atoms with Crippen molar-refractivity contribution >= 4 is 11.6 Å². The number of nitrogens with zero attached hydrogens (tertiary/aromatic N) is 4. The second kappa shape index (κ2) is 4.69. The number of halogens is 1. The second-order valence-corrected chi connectivity index (χ2v) is 5.12. The number of hydrogen-bond acceptors (Lipinski definition) is 3. The third-order valence-corrected chi connectivity index (χ3v) is 3.44. The van der Waals surface area contributed by atoms with Gasteiger partial charge in [0.05, 0.1) is 5.69 Å². The maximum absolute atomic E-state index is 6.19. The quantitative estimate of drug-likeness (QED) is 0.781. The van der Waals surface area contributed by atoms with E-state index < -0.39 is 0 Å². The minimum absolute atomic E-state index is 0.242. The number of hydrogen-bond donors (Lipinski definition) is 0. The van der Waals surface area contributed by atoms with E-state index in [-0.39, 0.29) is 5.92 Å². The molecule has 0 aliphatic carbocycles. The molecule has 0 amide bonds. The summed E-state index contributed by atoms with van der Waals surface area (Å²) in [5.41, 5.74) is 2.94. The van der Waals surface area contributed by atoms with Crippen LogP contribution in [0.1, 0.15) is 42.5 Å². The first kappa shape index (κ1) is 13.0. The van der Waals surface area contributed by atoms with Gasteiger partial charge in [0.15, 0.2) is 0 Å². The molecule has 0 N–H and O–H groups in total. The van der Waals surface area contributed by atoms with Gasteiger partial charge in [-0.3, -0.25) is 4.57 Å². The van der Waals surface area contributed by atoms with Gasteiger partial charge in [-0.25, -0.2) is 15.0 Å². The van der Waals surface area contributed by atoms with Crippen molar-refractivity contribution in [3.63, 3.8) is 0 Å². The van der Waals surface area contributed by atoms with Gasteiger partial charge < -0.3 is 0 Å². The number of imidazole rings is 1. The van der Waals surface area contributed by atoms with E-state index in [1.165, 1.54) is 0 Å². The van der Waals surface area contributed by atoms with Crippen LogP contribution in [0.5, 0.6) is 0 Å². The van der Waals surface area contributed by atoms with E-state index in [2.05, 4.69) is 28.8 Å². The van der Waals surface area contributed by atoms with Crippen LogP contribution in [0.15, 0.2) is 6.33 Å². The SMILES string of the molecule is Cc1ncn(-c2nc(C(C)C)nc(Cl)c2C)c1C. The first-order chi connectivity index (χ1) is 8.41. The summed E-state index contributed by atoms with van der Waals surface area (Å²) in [6, 6.07) is 0. The highest BCUT2D eigenvalue weighted by molar-refractivity contribution is 6.30. The average Bonchev–Trinajstić information content (AvgIpc) is 2.63. The predicted molar refractivity (Wildman–Crippen MR) is 72.5 cm³/mol. The molecule has 0 bridgehead atoms. The van der Waals surface area contributed by atoms with E-state index in [0.717, 1.165) is 28.6 Å². The van der Waals surface area contributed by atoms with Crippen molar-refractivity contribution in [1.29, 1.82) is 0 Å². The molecular formula is C13H17ClN4. The van der Waals surface area contributed by atoms with Gasteiger partial charge in [-0.2, -0.15) is 0 Å². The van der Waals surface area contributed by atoms with Gasteiger partial charge in [0.1, 0.15) is 23.1 Å². The summed E-state index contributed by atoms with van der Waals surface area (Å²) in [5, 5.41) is 0.509. The molecule has 0 unspecified atom stereocenters.